The van der Waals surface area contributed by atoms with Gasteiger partial charge >= 0.3 is 0 Å². The number of nitrogens with two attached hydrogens (primary N) is 1. The second-order valence-corrected chi connectivity index (χ2v) is 4.76. The van der Waals surface area contributed by atoms with Crippen molar-refractivity contribution in [1.82, 2.24) is 5.32 Å². The predicted octanol–water partition coefficient (Wildman–Crippen LogP) is 1.55. The molecule has 0 fully saturated rings. The van der Waals surface area contributed by atoms with Crippen LogP contribution in [0.25, 0.3) is 0 Å². The number of carbonyl (C=O) groups is 1. The van der Waals surface area contributed by atoms with Gasteiger partial charge in [0.1, 0.15) is 0 Å². The van der Waals surface area contributed by atoms with Crippen molar-refractivity contribution in [3.05, 3.63) is 23.8 Å². The fraction of sp³-hybridized carbons (Fsp3) is 0.500. The molecule has 98 valence electrons. The zero-order chi connectivity index (χ0) is 13.0. The average molecular weight is 247 g/mol. The molecule has 0 aromatic heterocycles. The number of nitrogen functional groups attached to an aromatic ring is 1. The molecule has 1 heterocycles. The number of hydrogen-bond acceptors (Lipinski definition) is 3. The molecule has 2 rings (SSSR count). The molecule has 1 aliphatic heterocycles. The van der Waals surface area contributed by atoms with E-state index < -0.39 is 0 Å². The van der Waals surface area contributed by atoms with Crippen LogP contribution < -0.4 is 16.0 Å². The summed E-state index contributed by atoms with van der Waals surface area (Å²) in [5.41, 5.74) is 9.27. The van der Waals surface area contributed by atoms with E-state index in [1.807, 2.05) is 6.07 Å². The van der Waals surface area contributed by atoms with E-state index in [1.165, 1.54) is 11.3 Å². The molecule has 0 atom stereocenters. The molecule has 1 aromatic rings. The van der Waals surface area contributed by atoms with E-state index in [9.17, 15) is 4.79 Å². The maximum Gasteiger partial charge on any atom is 0.219 e. The van der Waals surface area contributed by atoms with Crippen LogP contribution in [0.15, 0.2) is 18.2 Å². The third-order valence-electron chi connectivity index (χ3n) is 3.43. The topological polar surface area (TPSA) is 58.4 Å². The van der Waals surface area contributed by atoms with Crippen molar-refractivity contribution in [2.75, 3.05) is 30.8 Å². The van der Waals surface area contributed by atoms with Crippen molar-refractivity contribution in [1.29, 1.82) is 0 Å². The van der Waals surface area contributed by atoms with Crippen LogP contribution >= 0.6 is 0 Å². The first kappa shape index (κ1) is 12.7. The minimum absolute atomic E-state index is 0.115. The summed E-state index contributed by atoms with van der Waals surface area (Å²) in [6.45, 7) is 2.01. The van der Waals surface area contributed by atoms with Crippen LogP contribution in [0.2, 0.25) is 0 Å². The highest BCUT2D eigenvalue weighted by atomic mass is 16.1. The van der Waals surface area contributed by atoms with Crippen molar-refractivity contribution < 1.29 is 4.79 Å². The molecule has 18 heavy (non-hydrogen) atoms. The molecule has 0 radical (unpaired) electrons. The molecule has 1 aliphatic rings. The second-order valence-electron chi connectivity index (χ2n) is 4.76. The number of amides is 1. The van der Waals surface area contributed by atoms with Crippen LogP contribution in [-0.4, -0.2) is 26.0 Å². The molecular weight excluding hydrogens is 226 g/mol. The Bertz CT molecular complexity index is 431. The summed E-state index contributed by atoms with van der Waals surface area (Å²) in [4.78, 5) is 13.6. The molecule has 0 aliphatic carbocycles. The molecule has 1 amide bonds. The summed E-state index contributed by atoms with van der Waals surface area (Å²) in [6.07, 6.45) is 3.75. The van der Waals surface area contributed by atoms with Gasteiger partial charge in [0.05, 0.1) is 0 Å². The van der Waals surface area contributed by atoms with Crippen LogP contribution in [0.3, 0.4) is 0 Å². The Labute approximate surface area is 108 Å². The zero-order valence-electron chi connectivity index (χ0n) is 10.9. The zero-order valence-corrected chi connectivity index (χ0v) is 10.9. The predicted molar refractivity (Wildman–Crippen MR) is 74.7 cm³/mol. The highest BCUT2D eigenvalue weighted by Crippen LogP contribution is 2.28. The maximum absolute atomic E-state index is 11.2. The standard InChI is InChI=1S/C14H21N3O/c1-16-14(18)5-3-9-17-8-2-4-11-10-12(15)6-7-13(11)17/h6-7,10H,2-5,8-9,15H2,1H3,(H,16,18). The SMILES string of the molecule is CNC(=O)CCCN1CCCc2cc(N)ccc21. The van der Waals surface area contributed by atoms with Gasteiger partial charge < -0.3 is 16.0 Å². The normalized spacial score (nSPS) is 14.2. The van der Waals surface area contributed by atoms with E-state index in [0.717, 1.165) is 38.0 Å². The van der Waals surface area contributed by atoms with Gasteiger partial charge in [0, 0.05) is 37.9 Å². The summed E-state index contributed by atoms with van der Waals surface area (Å²) < 4.78 is 0. The molecule has 0 saturated heterocycles. The van der Waals surface area contributed by atoms with Crippen LogP contribution in [0.1, 0.15) is 24.8 Å². The minimum Gasteiger partial charge on any atom is -0.399 e. The van der Waals surface area contributed by atoms with Gasteiger partial charge in [0.2, 0.25) is 5.91 Å². The van der Waals surface area contributed by atoms with Gasteiger partial charge in [-0.25, -0.2) is 0 Å². The molecule has 3 N–H and O–H groups in total. The maximum atomic E-state index is 11.2. The number of nitrogens with zero attached hydrogens (tertiary/aromatic N) is 1. The Morgan fingerprint density at radius 1 is 1.50 bits per heavy atom. The Morgan fingerprint density at radius 3 is 3.11 bits per heavy atom. The summed E-state index contributed by atoms with van der Waals surface area (Å²) in [5.74, 6) is 0.115. The van der Waals surface area contributed by atoms with Crippen molar-refractivity contribution in [3.63, 3.8) is 0 Å². The van der Waals surface area contributed by atoms with Crippen LogP contribution in [0.4, 0.5) is 11.4 Å². The van der Waals surface area contributed by atoms with Gasteiger partial charge in [0.25, 0.3) is 0 Å². The third kappa shape index (κ3) is 2.94. The molecule has 0 unspecified atom stereocenters. The number of anilines is 2. The smallest absolute Gasteiger partial charge is 0.219 e. The van der Waals surface area contributed by atoms with Crippen LogP contribution in [-0.2, 0) is 11.2 Å². The summed E-state index contributed by atoms with van der Waals surface area (Å²) in [7, 11) is 1.68. The molecule has 4 nitrogen and oxygen atoms in total. The monoisotopic (exact) mass is 247 g/mol. The molecular formula is C14H21N3O. The Balaban J connectivity index is 1.97. The molecule has 1 aromatic carbocycles. The Kier molecular flexibility index (Phi) is 4.07. The lowest BCUT2D eigenvalue weighted by molar-refractivity contribution is -0.120. The Morgan fingerprint density at radius 2 is 2.33 bits per heavy atom. The van der Waals surface area contributed by atoms with Crippen molar-refractivity contribution in [2.24, 2.45) is 0 Å². The summed E-state index contributed by atoms with van der Waals surface area (Å²) >= 11 is 0. The largest absolute Gasteiger partial charge is 0.399 e. The van der Waals surface area contributed by atoms with Crippen LogP contribution in [0.5, 0.6) is 0 Å². The number of aryl methyl sites for hydroxylation is 1. The van der Waals surface area contributed by atoms with E-state index >= 15 is 0 Å². The number of benzene rings is 1. The van der Waals surface area contributed by atoms with E-state index in [0.29, 0.717) is 6.42 Å². The third-order valence-corrected chi connectivity index (χ3v) is 3.43. The van der Waals surface area contributed by atoms with Gasteiger partial charge in [-0.2, -0.15) is 0 Å². The Hall–Kier alpha value is -1.71. The number of rotatable bonds is 4. The van der Waals surface area contributed by atoms with Gasteiger partial charge in [0.15, 0.2) is 0 Å². The van der Waals surface area contributed by atoms with Crippen molar-refractivity contribution >= 4 is 17.3 Å². The van der Waals surface area contributed by atoms with E-state index in [-0.39, 0.29) is 5.91 Å². The van der Waals surface area contributed by atoms with E-state index in [4.69, 9.17) is 5.73 Å². The van der Waals surface area contributed by atoms with Gasteiger partial charge in [-0.1, -0.05) is 0 Å². The fourth-order valence-electron chi connectivity index (χ4n) is 2.48. The molecule has 0 saturated carbocycles. The first-order valence-electron chi connectivity index (χ1n) is 6.54. The fourth-order valence-corrected chi connectivity index (χ4v) is 2.48. The number of nitrogens with one attached hydrogen (secondary N) is 1. The van der Waals surface area contributed by atoms with Crippen LogP contribution in [0, 0.1) is 0 Å². The van der Waals surface area contributed by atoms with Crippen molar-refractivity contribution in [3.8, 4) is 0 Å². The molecule has 0 bridgehead atoms. The summed E-state index contributed by atoms with van der Waals surface area (Å²) in [5, 5.41) is 2.66. The number of hydrogen-bond donors (Lipinski definition) is 2. The minimum atomic E-state index is 0.115. The van der Waals surface area contributed by atoms with Crippen molar-refractivity contribution in [2.45, 2.75) is 25.7 Å². The quantitative estimate of drug-likeness (QED) is 0.794. The second kappa shape index (κ2) is 5.76. The van der Waals surface area contributed by atoms with E-state index in [1.54, 1.807) is 7.05 Å². The lowest BCUT2D eigenvalue weighted by atomic mass is 10.0. The number of carbonyl (C=O) groups excluding carboxylic acids is 1. The van der Waals surface area contributed by atoms with E-state index in [2.05, 4.69) is 22.3 Å². The van der Waals surface area contributed by atoms with Gasteiger partial charge in [-0.05, 0) is 43.0 Å². The molecule has 0 spiro atoms. The highest BCUT2D eigenvalue weighted by molar-refractivity contribution is 5.75. The average Bonchev–Trinajstić information content (AvgIpc) is 2.38. The van der Waals surface area contributed by atoms with Gasteiger partial charge in [-0.15, -0.1) is 0 Å². The summed E-state index contributed by atoms with van der Waals surface area (Å²) in [6, 6.07) is 6.12. The first-order chi connectivity index (χ1) is 8.70. The number of fused-ring (bicyclic) bond motifs is 1. The lowest BCUT2D eigenvalue weighted by Crippen LogP contribution is -2.31. The first-order valence-corrected chi connectivity index (χ1v) is 6.54. The van der Waals surface area contributed by atoms with Gasteiger partial charge in [-0.3, -0.25) is 4.79 Å². The lowest BCUT2D eigenvalue weighted by Gasteiger charge is -2.31. The highest BCUT2D eigenvalue weighted by Gasteiger charge is 2.16. The molecule has 4 heteroatoms.